The minimum absolute atomic E-state index is 0.115. The first kappa shape index (κ1) is 67.1. The summed E-state index contributed by atoms with van der Waals surface area (Å²) in [5.74, 6) is -1.02. The van der Waals surface area contributed by atoms with Crippen molar-refractivity contribution in [1.29, 1.82) is 0 Å². The van der Waals surface area contributed by atoms with Crippen LogP contribution >= 0.6 is 0 Å². The Labute approximate surface area is 438 Å². The molecule has 1 atom stereocenters. The molecule has 0 radical (unpaired) electrons. The van der Waals surface area contributed by atoms with Crippen molar-refractivity contribution < 1.29 is 28.6 Å². The minimum Gasteiger partial charge on any atom is -0.462 e. The van der Waals surface area contributed by atoms with E-state index in [4.69, 9.17) is 14.2 Å². The molecule has 0 aliphatic rings. The minimum atomic E-state index is -0.829. The molecule has 0 aliphatic carbocycles. The van der Waals surface area contributed by atoms with Crippen LogP contribution in [0.3, 0.4) is 0 Å². The molecular weight excluding hydrogens is 877 g/mol. The Kier molecular flexibility index (Phi) is 55.4. The molecule has 0 rings (SSSR count). The van der Waals surface area contributed by atoms with Crippen LogP contribution in [0.5, 0.6) is 0 Å². The molecule has 0 heterocycles. The molecule has 0 aromatic rings. The van der Waals surface area contributed by atoms with E-state index in [2.05, 4.69) is 124 Å². The fraction of sp³-hybridized carbons (Fsp3) is 0.677. The van der Waals surface area contributed by atoms with Gasteiger partial charge in [-0.25, -0.2) is 0 Å². The van der Waals surface area contributed by atoms with Crippen LogP contribution in [-0.4, -0.2) is 37.2 Å². The van der Waals surface area contributed by atoms with Gasteiger partial charge in [0, 0.05) is 19.3 Å². The summed E-state index contributed by atoms with van der Waals surface area (Å²) in [6.07, 6.45) is 79.5. The zero-order valence-electron chi connectivity index (χ0n) is 46.2. The Bertz CT molecular complexity index is 1460. The first-order valence-electron chi connectivity index (χ1n) is 29.4. The van der Waals surface area contributed by atoms with Crippen molar-refractivity contribution in [2.75, 3.05) is 13.2 Å². The second-order valence-corrected chi connectivity index (χ2v) is 19.2. The Morgan fingerprint density at radius 3 is 0.944 bits per heavy atom. The number of carbonyl (C=O) groups excluding carboxylic acids is 3. The molecule has 71 heavy (non-hydrogen) atoms. The Hall–Kier alpha value is -3.93. The van der Waals surface area contributed by atoms with Gasteiger partial charge in [-0.2, -0.15) is 0 Å². The van der Waals surface area contributed by atoms with E-state index in [0.717, 1.165) is 103 Å². The molecule has 0 saturated carbocycles. The first-order chi connectivity index (χ1) is 35.0. The van der Waals surface area contributed by atoms with Crippen LogP contribution in [0.15, 0.2) is 109 Å². The Morgan fingerprint density at radius 2 is 0.577 bits per heavy atom. The molecule has 0 aliphatic heterocycles. The van der Waals surface area contributed by atoms with Crippen molar-refractivity contribution in [3.63, 3.8) is 0 Å². The summed E-state index contributed by atoms with van der Waals surface area (Å²) >= 11 is 0. The summed E-state index contributed by atoms with van der Waals surface area (Å²) < 4.78 is 16.8. The molecule has 0 unspecified atom stereocenters. The molecule has 0 aromatic heterocycles. The second kappa shape index (κ2) is 58.6. The lowest BCUT2D eigenvalue weighted by Gasteiger charge is -2.18. The van der Waals surface area contributed by atoms with E-state index >= 15 is 0 Å². The van der Waals surface area contributed by atoms with Crippen LogP contribution < -0.4 is 0 Å². The number of unbranched alkanes of at least 4 members (excludes halogenated alkanes) is 23. The van der Waals surface area contributed by atoms with Gasteiger partial charge in [0.2, 0.25) is 0 Å². The van der Waals surface area contributed by atoms with Gasteiger partial charge in [-0.15, -0.1) is 0 Å². The largest absolute Gasteiger partial charge is 0.462 e. The van der Waals surface area contributed by atoms with Gasteiger partial charge in [-0.05, 0) is 96.3 Å². The predicted octanol–water partition coefficient (Wildman–Crippen LogP) is 19.9. The predicted molar refractivity (Wildman–Crippen MR) is 307 cm³/mol. The van der Waals surface area contributed by atoms with E-state index in [1.807, 2.05) is 6.08 Å². The third-order valence-electron chi connectivity index (χ3n) is 12.3. The summed E-state index contributed by atoms with van der Waals surface area (Å²) in [5, 5.41) is 0. The van der Waals surface area contributed by atoms with Crippen LogP contribution in [0.2, 0.25) is 0 Å². The highest BCUT2D eigenvalue weighted by molar-refractivity contribution is 5.71. The summed E-state index contributed by atoms with van der Waals surface area (Å²) in [6, 6.07) is 0. The van der Waals surface area contributed by atoms with Crippen LogP contribution in [0.4, 0.5) is 0 Å². The smallest absolute Gasteiger partial charge is 0.306 e. The number of carbonyl (C=O) groups is 3. The molecule has 0 N–H and O–H groups in total. The van der Waals surface area contributed by atoms with Gasteiger partial charge < -0.3 is 14.2 Å². The normalized spacial score (nSPS) is 12.9. The maximum Gasteiger partial charge on any atom is 0.306 e. The van der Waals surface area contributed by atoms with Crippen molar-refractivity contribution in [2.45, 2.75) is 271 Å². The number of rotatable bonds is 52. The molecule has 6 heteroatoms. The van der Waals surface area contributed by atoms with E-state index in [-0.39, 0.29) is 31.6 Å². The lowest BCUT2D eigenvalue weighted by molar-refractivity contribution is -0.166. The fourth-order valence-corrected chi connectivity index (χ4v) is 7.89. The van der Waals surface area contributed by atoms with Crippen LogP contribution in [0, 0.1) is 0 Å². The molecular formula is C65H108O6. The summed E-state index contributed by atoms with van der Waals surface area (Å²) in [6.45, 7) is 6.43. The number of esters is 3. The van der Waals surface area contributed by atoms with Crippen LogP contribution in [0.25, 0.3) is 0 Å². The highest BCUT2D eigenvalue weighted by Gasteiger charge is 2.19. The third-order valence-corrected chi connectivity index (χ3v) is 12.3. The number of hydrogen-bond donors (Lipinski definition) is 0. The summed E-state index contributed by atoms with van der Waals surface area (Å²) in [7, 11) is 0. The van der Waals surface area contributed by atoms with E-state index < -0.39 is 12.1 Å². The van der Waals surface area contributed by atoms with Gasteiger partial charge in [0.05, 0.1) is 0 Å². The maximum atomic E-state index is 12.8. The molecule has 0 saturated heterocycles. The lowest BCUT2D eigenvalue weighted by atomic mass is 10.0. The van der Waals surface area contributed by atoms with E-state index in [0.29, 0.717) is 19.3 Å². The number of allylic oxidation sites excluding steroid dienone is 18. The maximum absolute atomic E-state index is 12.8. The molecule has 404 valence electrons. The van der Waals surface area contributed by atoms with E-state index in [1.165, 1.54) is 116 Å². The fourth-order valence-electron chi connectivity index (χ4n) is 7.89. The number of hydrogen-bond acceptors (Lipinski definition) is 6. The van der Waals surface area contributed by atoms with Gasteiger partial charge in [-0.3, -0.25) is 14.4 Å². The average molecular weight is 986 g/mol. The van der Waals surface area contributed by atoms with Crippen LogP contribution in [-0.2, 0) is 28.6 Å². The van der Waals surface area contributed by atoms with Crippen molar-refractivity contribution in [3.05, 3.63) is 109 Å². The van der Waals surface area contributed by atoms with Gasteiger partial charge in [0.15, 0.2) is 6.10 Å². The average Bonchev–Trinajstić information content (AvgIpc) is 3.37. The number of ether oxygens (including phenoxy) is 3. The molecule has 0 amide bonds. The summed E-state index contributed by atoms with van der Waals surface area (Å²) in [5.41, 5.74) is 0. The van der Waals surface area contributed by atoms with E-state index in [9.17, 15) is 14.4 Å². The quantitative estimate of drug-likeness (QED) is 0.0261. The SMILES string of the molecule is CC/C=C\C/C=C\C/C=C\C/C=C\CCCCCCC(=O)OC[C@H](COC(=O)CCCCCCCCCCCCCCCCCCC)OC(=O)CC/C=C\C/C=C\C/C=C\C/C=C\C/C=C\CCCCC. The summed E-state index contributed by atoms with van der Waals surface area (Å²) in [4.78, 5) is 38.2. The highest BCUT2D eigenvalue weighted by Crippen LogP contribution is 2.15. The van der Waals surface area contributed by atoms with E-state index in [1.54, 1.807) is 0 Å². The molecule has 6 nitrogen and oxygen atoms in total. The van der Waals surface area contributed by atoms with Crippen molar-refractivity contribution >= 4 is 17.9 Å². The monoisotopic (exact) mass is 985 g/mol. The molecule has 0 bridgehead atoms. The van der Waals surface area contributed by atoms with Crippen LogP contribution in [0.1, 0.15) is 265 Å². The van der Waals surface area contributed by atoms with Gasteiger partial charge in [0.1, 0.15) is 13.2 Å². The zero-order valence-corrected chi connectivity index (χ0v) is 46.2. The lowest BCUT2D eigenvalue weighted by Crippen LogP contribution is -2.30. The van der Waals surface area contributed by atoms with Gasteiger partial charge in [0.25, 0.3) is 0 Å². The van der Waals surface area contributed by atoms with Crippen molar-refractivity contribution in [2.24, 2.45) is 0 Å². The first-order valence-corrected chi connectivity index (χ1v) is 29.4. The van der Waals surface area contributed by atoms with Gasteiger partial charge >= 0.3 is 17.9 Å². The Balaban J connectivity index is 4.54. The molecule has 0 aromatic carbocycles. The molecule has 0 fully saturated rings. The third kappa shape index (κ3) is 56.9. The van der Waals surface area contributed by atoms with Gasteiger partial charge in [-0.1, -0.05) is 259 Å². The molecule has 0 spiro atoms. The van der Waals surface area contributed by atoms with Crippen molar-refractivity contribution in [3.8, 4) is 0 Å². The second-order valence-electron chi connectivity index (χ2n) is 19.2. The van der Waals surface area contributed by atoms with Crippen molar-refractivity contribution in [1.82, 2.24) is 0 Å². The Morgan fingerprint density at radius 1 is 0.296 bits per heavy atom. The standard InChI is InChI=1S/C65H108O6/c1-4-7-10-13-16-19-22-25-28-31-32-35-38-41-44-47-50-53-56-59-65(68)71-62(60-69-63(66)57-54-51-48-45-42-39-36-33-29-26-23-20-17-14-11-8-5-2)61-70-64(67)58-55-52-49-46-43-40-37-34-30-27-24-21-18-15-12-9-6-3/h8,11,16-17,19-20,25-26,28-29,32,35-36,39,41,44,50,53,62H,4-7,9-10,12-15,18,21-24,27,30-31,33-34,37-38,40,42-43,45-49,51-52,54-61H2,1-3H3/b11-8-,19-16-,20-17-,28-25-,29-26-,35-32-,39-36-,44-41-,53-50-/t62-/m1/s1. The topological polar surface area (TPSA) is 78.9 Å². The zero-order chi connectivity index (χ0) is 51.4. The highest BCUT2D eigenvalue weighted by atomic mass is 16.6.